The van der Waals surface area contributed by atoms with E-state index in [4.69, 9.17) is 0 Å². The third-order valence-electron chi connectivity index (χ3n) is 3.78. The van der Waals surface area contributed by atoms with Gasteiger partial charge >= 0.3 is 0 Å². The lowest BCUT2D eigenvalue weighted by molar-refractivity contribution is -0.135. The van der Waals surface area contributed by atoms with Gasteiger partial charge in [0.25, 0.3) is 0 Å². The van der Waals surface area contributed by atoms with Gasteiger partial charge in [-0.3, -0.25) is 4.79 Å². The van der Waals surface area contributed by atoms with Crippen LogP contribution in [-0.2, 0) is 14.6 Å². The van der Waals surface area contributed by atoms with E-state index >= 15 is 0 Å². The van der Waals surface area contributed by atoms with E-state index in [2.05, 4.69) is 12.2 Å². The number of sulfone groups is 1. The summed E-state index contributed by atoms with van der Waals surface area (Å²) in [5, 5.41) is 3.17. The molecule has 0 saturated carbocycles. The van der Waals surface area contributed by atoms with Crippen molar-refractivity contribution in [3.63, 3.8) is 0 Å². The molecule has 2 aliphatic heterocycles. The summed E-state index contributed by atoms with van der Waals surface area (Å²) in [6.45, 7) is 4.58. The summed E-state index contributed by atoms with van der Waals surface area (Å²) in [7, 11) is -2.87. The van der Waals surface area contributed by atoms with E-state index in [1.807, 2.05) is 4.90 Å². The Kier molecular flexibility index (Phi) is 4.27. The number of nitrogens with one attached hydrogen (secondary N) is 1. The molecule has 18 heavy (non-hydrogen) atoms. The van der Waals surface area contributed by atoms with Crippen molar-refractivity contribution >= 4 is 15.7 Å². The lowest BCUT2D eigenvalue weighted by Crippen LogP contribution is -2.59. The van der Waals surface area contributed by atoms with Crippen molar-refractivity contribution in [2.24, 2.45) is 5.92 Å². The van der Waals surface area contributed by atoms with Gasteiger partial charge in [0.15, 0.2) is 9.84 Å². The molecule has 0 aromatic rings. The van der Waals surface area contributed by atoms with Gasteiger partial charge in [-0.25, -0.2) is 8.42 Å². The summed E-state index contributed by atoms with van der Waals surface area (Å²) < 4.78 is 22.8. The van der Waals surface area contributed by atoms with E-state index in [-0.39, 0.29) is 23.3 Å². The number of amides is 1. The van der Waals surface area contributed by atoms with Gasteiger partial charge in [-0.15, -0.1) is 0 Å². The zero-order valence-electron chi connectivity index (χ0n) is 10.9. The first-order chi connectivity index (χ1) is 8.52. The van der Waals surface area contributed by atoms with Crippen LogP contribution in [0.5, 0.6) is 0 Å². The van der Waals surface area contributed by atoms with E-state index in [0.29, 0.717) is 18.9 Å². The van der Waals surface area contributed by atoms with Gasteiger partial charge in [-0.05, 0) is 18.8 Å². The van der Waals surface area contributed by atoms with Crippen LogP contribution < -0.4 is 5.32 Å². The number of carbonyl (C=O) groups is 1. The summed E-state index contributed by atoms with van der Waals surface area (Å²) in [5.41, 5.74) is 0. The zero-order valence-corrected chi connectivity index (χ0v) is 11.7. The number of carbonyl (C=O) groups excluding carboxylic acids is 1. The molecule has 2 heterocycles. The van der Waals surface area contributed by atoms with Gasteiger partial charge in [0.1, 0.15) is 0 Å². The van der Waals surface area contributed by atoms with Crippen LogP contribution in [0.2, 0.25) is 0 Å². The highest BCUT2D eigenvalue weighted by Gasteiger charge is 2.33. The smallest absolute Gasteiger partial charge is 0.223 e. The Hall–Kier alpha value is -0.620. The number of rotatable bonds is 5. The minimum Gasteiger partial charge on any atom is -0.337 e. The lowest BCUT2D eigenvalue weighted by Gasteiger charge is -2.38. The standard InChI is InChI=1S/C12H22N2O3S/c1-2-4-14(11-7-13-8-11)12(15)6-10-3-5-18(16,17)9-10/h10-11,13H,2-9H2,1H3. The maximum absolute atomic E-state index is 12.2. The van der Waals surface area contributed by atoms with Gasteiger partial charge in [0.2, 0.25) is 5.91 Å². The Morgan fingerprint density at radius 1 is 1.39 bits per heavy atom. The molecule has 2 fully saturated rings. The molecule has 104 valence electrons. The molecule has 1 unspecified atom stereocenters. The molecule has 5 nitrogen and oxygen atoms in total. The van der Waals surface area contributed by atoms with E-state index in [1.165, 1.54) is 0 Å². The maximum atomic E-state index is 12.2. The molecule has 6 heteroatoms. The van der Waals surface area contributed by atoms with Crippen LogP contribution in [0.3, 0.4) is 0 Å². The Bertz CT molecular complexity index is 404. The molecule has 0 bridgehead atoms. The molecule has 1 N–H and O–H groups in total. The average Bonchev–Trinajstić information content (AvgIpc) is 2.54. The molecule has 0 radical (unpaired) electrons. The van der Waals surface area contributed by atoms with Crippen molar-refractivity contribution in [2.75, 3.05) is 31.1 Å². The first kappa shape index (κ1) is 13.8. The largest absolute Gasteiger partial charge is 0.337 e. The second kappa shape index (κ2) is 5.57. The molecule has 2 rings (SSSR count). The molecule has 0 spiro atoms. The molecule has 1 atom stereocenters. The van der Waals surface area contributed by atoms with Crippen molar-refractivity contribution < 1.29 is 13.2 Å². The number of hydrogen-bond donors (Lipinski definition) is 1. The normalized spacial score (nSPS) is 26.8. The quantitative estimate of drug-likeness (QED) is 0.767. The van der Waals surface area contributed by atoms with Crippen LogP contribution in [0.4, 0.5) is 0 Å². The van der Waals surface area contributed by atoms with Crippen molar-refractivity contribution in [1.29, 1.82) is 0 Å². The summed E-state index contributed by atoms with van der Waals surface area (Å²) in [6, 6.07) is 0.315. The van der Waals surface area contributed by atoms with Crippen molar-refractivity contribution in [1.82, 2.24) is 10.2 Å². The predicted octanol–water partition coefficient (Wildman–Crippen LogP) is 0.0216. The van der Waals surface area contributed by atoms with Gasteiger partial charge in [0.05, 0.1) is 17.5 Å². The van der Waals surface area contributed by atoms with E-state index < -0.39 is 9.84 Å². The summed E-state index contributed by atoms with van der Waals surface area (Å²) in [6.07, 6.45) is 2.00. The zero-order chi connectivity index (χ0) is 13.2. The fourth-order valence-corrected chi connectivity index (χ4v) is 4.50. The fourth-order valence-electron chi connectivity index (χ4n) is 2.64. The van der Waals surface area contributed by atoms with Gasteiger partial charge in [-0.2, -0.15) is 0 Å². The Morgan fingerprint density at radius 3 is 2.56 bits per heavy atom. The third kappa shape index (κ3) is 3.23. The van der Waals surface area contributed by atoms with E-state index in [0.717, 1.165) is 26.1 Å². The fraction of sp³-hybridized carbons (Fsp3) is 0.917. The molecule has 2 saturated heterocycles. The van der Waals surface area contributed by atoms with Crippen LogP contribution >= 0.6 is 0 Å². The van der Waals surface area contributed by atoms with Crippen LogP contribution in [0.1, 0.15) is 26.2 Å². The molecule has 1 amide bonds. The van der Waals surface area contributed by atoms with Crippen molar-refractivity contribution in [3.8, 4) is 0 Å². The SMILES string of the molecule is CCCN(C(=O)CC1CCS(=O)(=O)C1)C1CNC1. The highest BCUT2D eigenvalue weighted by molar-refractivity contribution is 7.91. The minimum atomic E-state index is -2.87. The minimum absolute atomic E-state index is 0.0369. The molecule has 0 aromatic carbocycles. The Labute approximate surface area is 109 Å². The van der Waals surface area contributed by atoms with E-state index in [1.54, 1.807) is 0 Å². The molecular weight excluding hydrogens is 252 g/mol. The summed E-state index contributed by atoms with van der Waals surface area (Å²) in [5.74, 6) is 0.617. The number of nitrogens with zero attached hydrogens (tertiary/aromatic N) is 1. The first-order valence-electron chi connectivity index (χ1n) is 6.72. The predicted molar refractivity (Wildman–Crippen MR) is 70.0 cm³/mol. The topological polar surface area (TPSA) is 66.5 Å². The maximum Gasteiger partial charge on any atom is 0.223 e. The Balaban J connectivity index is 1.89. The van der Waals surface area contributed by atoms with Crippen LogP contribution in [-0.4, -0.2) is 56.4 Å². The number of hydrogen-bond acceptors (Lipinski definition) is 4. The summed E-state index contributed by atoms with van der Waals surface area (Å²) >= 11 is 0. The molecular formula is C12H22N2O3S. The molecule has 2 aliphatic rings. The van der Waals surface area contributed by atoms with Gasteiger partial charge in [0, 0.05) is 26.1 Å². The van der Waals surface area contributed by atoms with Crippen molar-refractivity contribution in [3.05, 3.63) is 0 Å². The van der Waals surface area contributed by atoms with Crippen LogP contribution in [0, 0.1) is 5.92 Å². The monoisotopic (exact) mass is 274 g/mol. The van der Waals surface area contributed by atoms with Gasteiger partial charge < -0.3 is 10.2 Å². The van der Waals surface area contributed by atoms with Crippen molar-refractivity contribution in [2.45, 2.75) is 32.2 Å². The van der Waals surface area contributed by atoms with Crippen LogP contribution in [0.25, 0.3) is 0 Å². The highest BCUT2D eigenvalue weighted by Crippen LogP contribution is 2.23. The average molecular weight is 274 g/mol. The highest BCUT2D eigenvalue weighted by atomic mass is 32.2. The van der Waals surface area contributed by atoms with E-state index in [9.17, 15) is 13.2 Å². The third-order valence-corrected chi connectivity index (χ3v) is 5.61. The lowest BCUT2D eigenvalue weighted by atomic mass is 10.0. The molecule has 0 aromatic heterocycles. The first-order valence-corrected chi connectivity index (χ1v) is 8.54. The second-order valence-corrected chi connectivity index (χ2v) is 7.60. The molecule has 0 aliphatic carbocycles. The van der Waals surface area contributed by atoms with Crippen LogP contribution in [0.15, 0.2) is 0 Å². The summed E-state index contributed by atoms with van der Waals surface area (Å²) in [4.78, 5) is 14.2. The second-order valence-electron chi connectivity index (χ2n) is 5.37. The Morgan fingerprint density at radius 2 is 2.11 bits per heavy atom. The van der Waals surface area contributed by atoms with Gasteiger partial charge in [-0.1, -0.05) is 6.92 Å².